The Kier molecular flexibility index (Phi) is 4.93. The van der Waals surface area contributed by atoms with Crippen LogP contribution in [-0.2, 0) is 0 Å². The Morgan fingerprint density at radius 2 is 1.85 bits per heavy atom. The maximum Gasteiger partial charge on any atom is 0.373 e. The van der Waals surface area contributed by atoms with Crippen LogP contribution in [0, 0.1) is 35.6 Å². The van der Waals surface area contributed by atoms with E-state index in [1.54, 1.807) is 12.1 Å². The van der Waals surface area contributed by atoms with Crippen LogP contribution in [0.5, 0.6) is 11.6 Å². The van der Waals surface area contributed by atoms with E-state index in [9.17, 15) is 18.9 Å². The second-order valence-corrected chi connectivity index (χ2v) is 5.73. The van der Waals surface area contributed by atoms with E-state index in [1.807, 2.05) is 19.9 Å². The van der Waals surface area contributed by atoms with Crippen LogP contribution in [0.15, 0.2) is 42.7 Å². The highest BCUT2D eigenvalue weighted by Gasteiger charge is 2.26. The smallest absolute Gasteiger partial charge is 0.373 e. The Bertz CT molecular complexity index is 1030. The third kappa shape index (κ3) is 3.97. The lowest BCUT2D eigenvalue weighted by Gasteiger charge is -2.10. The highest BCUT2D eigenvalue weighted by atomic mass is 19.1. The van der Waals surface area contributed by atoms with Gasteiger partial charge in [0, 0.05) is 6.07 Å². The number of hydrogen-bond donors (Lipinski definition) is 1. The summed E-state index contributed by atoms with van der Waals surface area (Å²) in [5.74, 6) is -1.91. The first-order chi connectivity index (χ1) is 12.8. The minimum atomic E-state index is -0.917. The zero-order chi connectivity index (χ0) is 19.6. The van der Waals surface area contributed by atoms with Crippen molar-refractivity contribution >= 4 is 17.2 Å². The van der Waals surface area contributed by atoms with Crippen molar-refractivity contribution in [3.63, 3.8) is 0 Å². The summed E-state index contributed by atoms with van der Waals surface area (Å²) in [6, 6.07) is 7.96. The minimum Gasteiger partial charge on any atom is -0.434 e. The molecule has 0 bridgehead atoms. The van der Waals surface area contributed by atoms with Crippen molar-refractivity contribution in [2.75, 3.05) is 5.32 Å². The van der Waals surface area contributed by atoms with Crippen molar-refractivity contribution in [3.05, 3.63) is 75.6 Å². The fourth-order valence-electron chi connectivity index (χ4n) is 2.30. The molecule has 27 heavy (non-hydrogen) atoms. The maximum atomic E-state index is 13.9. The first-order valence-corrected chi connectivity index (χ1v) is 7.81. The molecule has 1 aromatic heterocycles. The van der Waals surface area contributed by atoms with Gasteiger partial charge < -0.3 is 10.1 Å². The third-order valence-electron chi connectivity index (χ3n) is 3.85. The van der Waals surface area contributed by atoms with Crippen LogP contribution in [0.2, 0.25) is 0 Å². The number of aryl methyl sites for hydroxylation is 2. The molecule has 0 fully saturated rings. The molecule has 7 nitrogen and oxygen atoms in total. The van der Waals surface area contributed by atoms with Crippen LogP contribution >= 0.6 is 0 Å². The Balaban J connectivity index is 1.99. The first kappa shape index (κ1) is 18.2. The van der Waals surface area contributed by atoms with E-state index >= 15 is 0 Å². The fraction of sp³-hybridized carbons (Fsp3) is 0.111. The van der Waals surface area contributed by atoms with Crippen molar-refractivity contribution in [2.45, 2.75) is 13.8 Å². The van der Waals surface area contributed by atoms with Crippen molar-refractivity contribution in [3.8, 4) is 11.6 Å². The van der Waals surface area contributed by atoms with E-state index in [0.29, 0.717) is 11.8 Å². The Morgan fingerprint density at radius 3 is 2.52 bits per heavy atom. The van der Waals surface area contributed by atoms with Gasteiger partial charge in [0.1, 0.15) is 23.7 Å². The quantitative estimate of drug-likeness (QED) is 0.510. The zero-order valence-electron chi connectivity index (χ0n) is 14.4. The third-order valence-corrected chi connectivity index (χ3v) is 3.85. The molecule has 138 valence electrons. The number of benzene rings is 2. The summed E-state index contributed by atoms with van der Waals surface area (Å²) in [5.41, 5.74) is 1.24. The van der Waals surface area contributed by atoms with Gasteiger partial charge in [-0.05, 0) is 49.2 Å². The molecule has 0 aliphatic rings. The molecule has 0 atom stereocenters. The largest absolute Gasteiger partial charge is 0.434 e. The summed E-state index contributed by atoms with van der Waals surface area (Å²) in [6.45, 7) is 3.80. The molecule has 1 N–H and O–H groups in total. The van der Waals surface area contributed by atoms with Gasteiger partial charge >= 0.3 is 11.6 Å². The number of hydrogen-bond acceptors (Lipinski definition) is 6. The first-order valence-electron chi connectivity index (χ1n) is 7.81. The summed E-state index contributed by atoms with van der Waals surface area (Å²) in [5, 5.41) is 14.0. The van der Waals surface area contributed by atoms with E-state index in [2.05, 4.69) is 15.3 Å². The van der Waals surface area contributed by atoms with Gasteiger partial charge in [-0.25, -0.2) is 13.8 Å². The highest BCUT2D eigenvalue weighted by molar-refractivity contribution is 5.69. The molecule has 2 aromatic carbocycles. The molecule has 0 saturated heterocycles. The molecule has 9 heteroatoms. The molecular formula is C18H14F2N4O3. The second kappa shape index (κ2) is 7.32. The summed E-state index contributed by atoms with van der Waals surface area (Å²) >= 11 is 0. The standard InChI is InChI=1S/C18H14F2N4O3/c1-10-3-5-13(7-11(10)2)27-18-16(24(25)26)17(21-9-22-18)23-15-6-4-12(19)8-14(15)20/h3-9H,1-2H3,(H,21,22,23). The number of nitrogens with zero attached hydrogens (tertiary/aromatic N) is 3. The fourth-order valence-corrected chi connectivity index (χ4v) is 2.30. The number of ether oxygens (including phenoxy) is 1. The maximum absolute atomic E-state index is 13.9. The molecule has 0 radical (unpaired) electrons. The highest BCUT2D eigenvalue weighted by Crippen LogP contribution is 2.36. The van der Waals surface area contributed by atoms with Gasteiger partial charge in [0.15, 0.2) is 0 Å². The predicted octanol–water partition coefficient (Wildman–Crippen LogP) is 4.82. The normalized spacial score (nSPS) is 10.5. The van der Waals surface area contributed by atoms with Crippen molar-refractivity contribution < 1.29 is 18.4 Å². The van der Waals surface area contributed by atoms with Gasteiger partial charge in [0.2, 0.25) is 5.82 Å². The van der Waals surface area contributed by atoms with Crippen LogP contribution in [0.25, 0.3) is 0 Å². The minimum absolute atomic E-state index is 0.171. The summed E-state index contributed by atoms with van der Waals surface area (Å²) < 4.78 is 32.4. The van der Waals surface area contributed by atoms with Gasteiger partial charge in [-0.3, -0.25) is 10.1 Å². The summed E-state index contributed by atoms with van der Waals surface area (Å²) in [4.78, 5) is 18.4. The lowest BCUT2D eigenvalue weighted by Crippen LogP contribution is -2.04. The van der Waals surface area contributed by atoms with E-state index in [0.717, 1.165) is 29.6 Å². The molecule has 3 aromatic rings. The van der Waals surface area contributed by atoms with Crippen LogP contribution < -0.4 is 10.1 Å². The second-order valence-electron chi connectivity index (χ2n) is 5.73. The lowest BCUT2D eigenvalue weighted by atomic mass is 10.1. The number of nitro groups is 1. The molecule has 0 unspecified atom stereocenters. The van der Waals surface area contributed by atoms with Gasteiger partial charge in [-0.2, -0.15) is 4.98 Å². The van der Waals surface area contributed by atoms with Gasteiger partial charge in [-0.1, -0.05) is 6.07 Å². The average Bonchev–Trinajstić information content (AvgIpc) is 2.60. The van der Waals surface area contributed by atoms with Crippen LogP contribution in [0.1, 0.15) is 11.1 Å². The SMILES string of the molecule is Cc1ccc(Oc2ncnc(Nc3ccc(F)cc3F)c2[N+](=O)[O-])cc1C. The van der Waals surface area contributed by atoms with Gasteiger partial charge in [-0.15, -0.1) is 0 Å². The molecule has 0 saturated carbocycles. The Labute approximate surface area is 152 Å². The molecule has 1 heterocycles. The van der Waals surface area contributed by atoms with Crippen molar-refractivity contribution in [1.82, 2.24) is 9.97 Å². The van der Waals surface area contributed by atoms with Crippen LogP contribution in [0.3, 0.4) is 0 Å². The number of halogens is 2. The zero-order valence-corrected chi connectivity index (χ0v) is 14.4. The number of nitrogens with one attached hydrogen (secondary N) is 1. The number of anilines is 2. The number of rotatable bonds is 5. The summed E-state index contributed by atoms with van der Waals surface area (Å²) in [6.07, 6.45) is 1.05. The lowest BCUT2D eigenvalue weighted by molar-refractivity contribution is -0.385. The molecule has 0 amide bonds. The van der Waals surface area contributed by atoms with E-state index < -0.39 is 22.2 Å². The average molecular weight is 372 g/mol. The Morgan fingerprint density at radius 1 is 1.07 bits per heavy atom. The topological polar surface area (TPSA) is 90.2 Å². The Hall–Kier alpha value is -3.62. The van der Waals surface area contributed by atoms with Gasteiger partial charge in [0.25, 0.3) is 0 Å². The molecule has 0 spiro atoms. The predicted molar refractivity (Wildman–Crippen MR) is 94.3 cm³/mol. The van der Waals surface area contributed by atoms with E-state index in [-0.39, 0.29) is 17.4 Å². The molecule has 0 aliphatic heterocycles. The van der Waals surface area contributed by atoms with Crippen LogP contribution in [0.4, 0.5) is 26.0 Å². The number of aromatic nitrogens is 2. The monoisotopic (exact) mass is 372 g/mol. The molecule has 0 aliphatic carbocycles. The van der Waals surface area contributed by atoms with E-state index in [1.165, 1.54) is 0 Å². The summed E-state index contributed by atoms with van der Waals surface area (Å²) in [7, 11) is 0. The molecular weight excluding hydrogens is 358 g/mol. The van der Waals surface area contributed by atoms with Crippen LogP contribution in [-0.4, -0.2) is 14.9 Å². The molecule has 3 rings (SSSR count). The van der Waals surface area contributed by atoms with E-state index in [4.69, 9.17) is 4.74 Å². The van der Waals surface area contributed by atoms with Crippen molar-refractivity contribution in [2.24, 2.45) is 0 Å². The van der Waals surface area contributed by atoms with Crippen molar-refractivity contribution in [1.29, 1.82) is 0 Å². The van der Waals surface area contributed by atoms with Gasteiger partial charge in [0.05, 0.1) is 10.6 Å².